The Hall–Kier alpha value is -1.12. The van der Waals surface area contributed by atoms with Gasteiger partial charge in [0.25, 0.3) is 0 Å². The van der Waals surface area contributed by atoms with Crippen LogP contribution >= 0.6 is 0 Å². The van der Waals surface area contributed by atoms with Gasteiger partial charge >= 0.3 is 0 Å². The standard InChI is InChI=1S/C14H17NO/c1-11(12-6-3-2-4-7-12)15-10-13(15)14-8-5-9-16-14/h2-8,11,13-14H,9-10H2,1H3/t11-,13?,14-,15?/m1/s1. The second kappa shape index (κ2) is 4.04. The average Bonchev–Trinajstić information content (AvgIpc) is 2.95. The molecule has 2 nitrogen and oxygen atoms in total. The predicted octanol–water partition coefficient (Wildman–Crippen LogP) is 2.39. The Morgan fingerprint density at radius 1 is 1.31 bits per heavy atom. The monoisotopic (exact) mass is 215 g/mol. The zero-order valence-corrected chi connectivity index (χ0v) is 9.54. The normalized spacial score (nSPS) is 33.9. The maximum atomic E-state index is 5.64. The highest BCUT2D eigenvalue weighted by atomic mass is 16.5. The summed E-state index contributed by atoms with van der Waals surface area (Å²) in [6, 6.07) is 11.8. The van der Waals surface area contributed by atoms with Crippen LogP contribution in [-0.4, -0.2) is 30.2 Å². The van der Waals surface area contributed by atoms with E-state index in [0.717, 1.165) is 13.2 Å². The second-order valence-corrected chi connectivity index (χ2v) is 4.58. The lowest BCUT2D eigenvalue weighted by Gasteiger charge is -2.16. The van der Waals surface area contributed by atoms with Crippen LogP contribution in [0.3, 0.4) is 0 Å². The van der Waals surface area contributed by atoms with Crippen LogP contribution in [0.25, 0.3) is 0 Å². The molecule has 0 bridgehead atoms. The maximum Gasteiger partial charge on any atom is 0.0928 e. The molecule has 3 rings (SSSR count). The van der Waals surface area contributed by atoms with Crippen molar-refractivity contribution in [2.24, 2.45) is 0 Å². The van der Waals surface area contributed by atoms with Crippen molar-refractivity contribution in [2.45, 2.75) is 25.1 Å². The third-order valence-corrected chi connectivity index (χ3v) is 3.56. The van der Waals surface area contributed by atoms with E-state index in [1.807, 2.05) is 0 Å². The Morgan fingerprint density at radius 3 is 2.81 bits per heavy atom. The maximum absolute atomic E-state index is 5.64. The zero-order valence-electron chi connectivity index (χ0n) is 9.54. The van der Waals surface area contributed by atoms with Gasteiger partial charge in [-0.2, -0.15) is 0 Å². The summed E-state index contributed by atoms with van der Waals surface area (Å²) in [6.45, 7) is 4.22. The highest BCUT2D eigenvalue weighted by Crippen LogP contribution is 2.35. The van der Waals surface area contributed by atoms with Crippen molar-refractivity contribution >= 4 is 0 Å². The number of benzene rings is 1. The van der Waals surface area contributed by atoms with Crippen molar-refractivity contribution in [3.63, 3.8) is 0 Å². The van der Waals surface area contributed by atoms with Gasteiger partial charge in [-0.1, -0.05) is 42.5 Å². The second-order valence-electron chi connectivity index (χ2n) is 4.58. The topological polar surface area (TPSA) is 12.2 Å². The Bertz CT molecular complexity index is 387. The molecule has 2 aliphatic heterocycles. The lowest BCUT2D eigenvalue weighted by atomic mass is 10.1. The molecule has 0 saturated carbocycles. The van der Waals surface area contributed by atoms with Gasteiger partial charge in [-0.25, -0.2) is 0 Å². The average molecular weight is 215 g/mol. The van der Waals surface area contributed by atoms with Crippen LogP contribution in [0, 0.1) is 0 Å². The van der Waals surface area contributed by atoms with Gasteiger partial charge in [-0.15, -0.1) is 0 Å². The van der Waals surface area contributed by atoms with Crippen molar-refractivity contribution in [1.29, 1.82) is 0 Å². The quantitative estimate of drug-likeness (QED) is 0.567. The Kier molecular flexibility index (Phi) is 2.54. The van der Waals surface area contributed by atoms with Crippen molar-refractivity contribution < 1.29 is 4.74 Å². The van der Waals surface area contributed by atoms with Crippen LogP contribution in [0.15, 0.2) is 42.5 Å². The van der Waals surface area contributed by atoms with Crippen LogP contribution in [0.1, 0.15) is 18.5 Å². The lowest BCUT2D eigenvalue weighted by molar-refractivity contribution is 0.112. The minimum Gasteiger partial charge on any atom is -0.368 e. The fourth-order valence-corrected chi connectivity index (χ4v) is 2.48. The van der Waals surface area contributed by atoms with E-state index >= 15 is 0 Å². The molecule has 1 saturated heterocycles. The minimum absolute atomic E-state index is 0.325. The van der Waals surface area contributed by atoms with Crippen molar-refractivity contribution in [1.82, 2.24) is 4.90 Å². The third-order valence-electron chi connectivity index (χ3n) is 3.56. The predicted molar refractivity (Wildman–Crippen MR) is 64.2 cm³/mol. The molecule has 0 aromatic heterocycles. The first-order valence-corrected chi connectivity index (χ1v) is 5.95. The zero-order chi connectivity index (χ0) is 11.0. The molecule has 1 aromatic rings. The molecule has 16 heavy (non-hydrogen) atoms. The molecule has 0 amide bonds. The molecule has 0 spiro atoms. The summed E-state index contributed by atoms with van der Waals surface area (Å²) < 4.78 is 5.64. The first kappa shape index (κ1) is 10.1. The molecule has 84 valence electrons. The number of hydrogen-bond donors (Lipinski definition) is 0. The third kappa shape index (κ3) is 1.79. The van der Waals surface area contributed by atoms with Gasteiger partial charge in [0, 0.05) is 12.6 Å². The van der Waals surface area contributed by atoms with E-state index in [1.165, 1.54) is 5.56 Å². The molecule has 0 aliphatic carbocycles. The molecule has 1 fully saturated rings. The molecule has 2 heterocycles. The van der Waals surface area contributed by atoms with E-state index in [1.54, 1.807) is 0 Å². The van der Waals surface area contributed by atoms with Crippen molar-refractivity contribution in [3.8, 4) is 0 Å². The highest BCUT2D eigenvalue weighted by Gasteiger charge is 2.43. The van der Waals surface area contributed by atoms with Crippen LogP contribution < -0.4 is 0 Å². The Labute approximate surface area is 96.5 Å². The van der Waals surface area contributed by atoms with E-state index in [-0.39, 0.29) is 0 Å². The molecular weight excluding hydrogens is 198 g/mol. The van der Waals surface area contributed by atoms with Gasteiger partial charge in [-0.05, 0) is 12.5 Å². The summed E-state index contributed by atoms with van der Waals surface area (Å²) in [5, 5.41) is 0. The SMILES string of the molecule is C[C@H](c1ccccc1)N1CC1[C@H]1C=CCO1. The highest BCUT2D eigenvalue weighted by molar-refractivity contribution is 5.21. The smallest absolute Gasteiger partial charge is 0.0928 e. The first-order chi connectivity index (χ1) is 7.86. The summed E-state index contributed by atoms with van der Waals surface area (Å²) in [5.41, 5.74) is 1.40. The van der Waals surface area contributed by atoms with Crippen molar-refractivity contribution in [2.75, 3.05) is 13.2 Å². The Balaban J connectivity index is 1.65. The molecule has 0 radical (unpaired) electrons. The van der Waals surface area contributed by atoms with Crippen LogP contribution in [-0.2, 0) is 4.74 Å². The summed E-state index contributed by atoms with van der Waals surface area (Å²) in [4.78, 5) is 2.50. The van der Waals surface area contributed by atoms with Gasteiger partial charge in [0.2, 0.25) is 0 Å². The molecule has 0 N–H and O–H groups in total. The van der Waals surface area contributed by atoms with Crippen molar-refractivity contribution in [3.05, 3.63) is 48.0 Å². The molecule has 4 atom stereocenters. The molecule has 2 aliphatic rings. The van der Waals surface area contributed by atoms with Gasteiger partial charge in [-0.3, -0.25) is 4.90 Å². The van der Waals surface area contributed by atoms with E-state index in [2.05, 4.69) is 54.3 Å². The molecule has 2 unspecified atom stereocenters. The van der Waals surface area contributed by atoms with Gasteiger partial charge in [0.15, 0.2) is 0 Å². The van der Waals surface area contributed by atoms with E-state index in [9.17, 15) is 0 Å². The largest absolute Gasteiger partial charge is 0.368 e. The fourth-order valence-electron chi connectivity index (χ4n) is 2.48. The minimum atomic E-state index is 0.325. The van der Waals surface area contributed by atoms with Gasteiger partial charge < -0.3 is 4.74 Å². The lowest BCUT2D eigenvalue weighted by Crippen LogP contribution is -2.19. The fraction of sp³-hybridized carbons (Fsp3) is 0.429. The number of ether oxygens (including phenoxy) is 1. The van der Waals surface area contributed by atoms with Gasteiger partial charge in [0.1, 0.15) is 0 Å². The summed E-state index contributed by atoms with van der Waals surface area (Å²) in [5.74, 6) is 0. The van der Waals surface area contributed by atoms with E-state index in [0.29, 0.717) is 18.2 Å². The Morgan fingerprint density at radius 2 is 2.12 bits per heavy atom. The molecular formula is C14H17NO. The number of rotatable bonds is 3. The van der Waals surface area contributed by atoms with Gasteiger partial charge in [0.05, 0.1) is 18.8 Å². The summed E-state index contributed by atoms with van der Waals surface area (Å²) in [6.07, 6.45) is 4.64. The van der Waals surface area contributed by atoms with Crippen LogP contribution in [0.4, 0.5) is 0 Å². The van der Waals surface area contributed by atoms with Crippen LogP contribution in [0.5, 0.6) is 0 Å². The van der Waals surface area contributed by atoms with Crippen LogP contribution in [0.2, 0.25) is 0 Å². The molecule has 1 aromatic carbocycles. The summed E-state index contributed by atoms with van der Waals surface area (Å²) >= 11 is 0. The summed E-state index contributed by atoms with van der Waals surface area (Å²) in [7, 11) is 0. The first-order valence-electron chi connectivity index (χ1n) is 5.95. The van der Waals surface area contributed by atoms with E-state index in [4.69, 9.17) is 4.74 Å². The number of nitrogens with zero attached hydrogens (tertiary/aromatic N) is 1. The van der Waals surface area contributed by atoms with E-state index < -0.39 is 0 Å². The number of hydrogen-bond acceptors (Lipinski definition) is 2. The molecule has 2 heteroatoms.